The number of alkyl halides is 3. The number of anilines is 2. The Hall–Kier alpha value is -4.13. The van der Waals surface area contributed by atoms with Crippen LogP contribution in [0.1, 0.15) is 28.7 Å². The van der Waals surface area contributed by atoms with E-state index in [1.54, 1.807) is 13.8 Å². The van der Waals surface area contributed by atoms with E-state index in [2.05, 4.69) is 15.1 Å². The van der Waals surface area contributed by atoms with Gasteiger partial charge in [-0.3, -0.25) is 4.79 Å². The van der Waals surface area contributed by atoms with Crippen molar-refractivity contribution in [1.29, 1.82) is 0 Å². The van der Waals surface area contributed by atoms with Crippen molar-refractivity contribution in [1.82, 2.24) is 19.7 Å². The van der Waals surface area contributed by atoms with Gasteiger partial charge in [0.2, 0.25) is 0 Å². The maximum absolute atomic E-state index is 15.0. The fraction of sp³-hybridized carbons (Fsp3) is 0.182. The molecule has 0 bridgehead atoms. The third-order valence-electron chi connectivity index (χ3n) is 5.13. The highest BCUT2D eigenvalue weighted by Gasteiger charge is 2.31. The Kier molecular flexibility index (Phi) is 5.88. The van der Waals surface area contributed by atoms with Gasteiger partial charge in [-0.2, -0.15) is 18.3 Å². The van der Waals surface area contributed by atoms with Crippen LogP contribution in [0.3, 0.4) is 0 Å². The predicted molar refractivity (Wildman–Crippen MR) is 115 cm³/mol. The monoisotopic (exact) mass is 492 g/mol. The van der Waals surface area contributed by atoms with Crippen LogP contribution in [-0.2, 0) is 11.0 Å². The number of nitrogens with one attached hydrogen (secondary N) is 1. The van der Waals surface area contributed by atoms with Gasteiger partial charge in [-0.1, -0.05) is 12.1 Å². The zero-order valence-corrected chi connectivity index (χ0v) is 18.2. The highest BCUT2D eigenvalue weighted by atomic mass is 19.4. The second-order valence-electron chi connectivity index (χ2n) is 7.65. The summed E-state index contributed by atoms with van der Waals surface area (Å²) in [6, 6.07) is 4.85. The lowest BCUT2D eigenvalue weighted by atomic mass is 10.0. The van der Waals surface area contributed by atoms with E-state index in [9.17, 15) is 31.9 Å². The van der Waals surface area contributed by atoms with Crippen LogP contribution in [0.4, 0.5) is 33.5 Å². The molecule has 8 nitrogen and oxygen atoms in total. The first-order chi connectivity index (χ1) is 16.4. The Morgan fingerprint density at radius 3 is 2.51 bits per heavy atom. The predicted octanol–water partition coefficient (Wildman–Crippen LogP) is 3.98. The number of rotatable bonds is 4. The maximum atomic E-state index is 15.0. The fourth-order valence-electron chi connectivity index (χ4n) is 3.50. The molecule has 0 fully saturated rings. The van der Waals surface area contributed by atoms with Crippen LogP contribution in [0.25, 0.3) is 16.7 Å². The van der Waals surface area contributed by atoms with E-state index in [1.165, 1.54) is 0 Å². The minimum absolute atomic E-state index is 0.00510. The summed E-state index contributed by atoms with van der Waals surface area (Å²) in [5.41, 5.74) is 4.37. The third-order valence-corrected chi connectivity index (χ3v) is 5.13. The molecule has 0 spiro atoms. The molecule has 13 heteroatoms. The molecule has 1 amide bonds. The van der Waals surface area contributed by atoms with E-state index in [4.69, 9.17) is 5.73 Å². The van der Waals surface area contributed by atoms with Gasteiger partial charge in [0.05, 0.1) is 16.9 Å². The first-order valence-corrected chi connectivity index (χ1v) is 10.0. The molecule has 2 aromatic heterocycles. The first-order valence-electron chi connectivity index (χ1n) is 10.0. The Morgan fingerprint density at radius 2 is 1.83 bits per heavy atom. The van der Waals surface area contributed by atoms with Crippen molar-refractivity contribution in [2.75, 3.05) is 11.1 Å². The van der Waals surface area contributed by atoms with Gasteiger partial charge >= 0.3 is 6.18 Å². The molecule has 0 saturated heterocycles. The highest BCUT2D eigenvalue weighted by molar-refractivity contribution is 5.95. The van der Waals surface area contributed by atoms with Crippen molar-refractivity contribution in [2.24, 2.45) is 0 Å². The molecule has 0 aliphatic carbocycles. The summed E-state index contributed by atoms with van der Waals surface area (Å²) >= 11 is 0. The SMILES string of the molecule is Cc1nc(N)c2c(n1)c(C)nn2-c1cc(F)c(NC(=O)C(O)c2cccc(C(F)(F)F)c2)cc1F. The van der Waals surface area contributed by atoms with Crippen LogP contribution in [0.5, 0.6) is 0 Å². The third kappa shape index (κ3) is 4.49. The van der Waals surface area contributed by atoms with Crippen LogP contribution in [0.2, 0.25) is 0 Å². The second-order valence-corrected chi connectivity index (χ2v) is 7.65. The number of amides is 1. The Bertz CT molecular complexity index is 1470. The van der Waals surface area contributed by atoms with Crippen LogP contribution >= 0.6 is 0 Å². The number of nitrogen functional groups attached to an aromatic ring is 1. The molecular weight excluding hydrogens is 475 g/mol. The number of benzene rings is 2. The van der Waals surface area contributed by atoms with E-state index in [0.717, 1.165) is 28.9 Å². The lowest BCUT2D eigenvalue weighted by Crippen LogP contribution is -2.22. The highest BCUT2D eigenvalue weighted by Crippen LogP contribution is 2.32. The normalized spacial score (nSPS) is 12.7. The molecule has 4 N–H and O–H groups in total. The molecule has 1 atom stereocenters. The van der Waals surface area contributed by atoms with Gasteiger partial charge in [0, 0.05) is 12.1 Å². The van der Waals surface area contributed by atoms with Crippen molar-refractivity contribution < 1.29 is 31.9 Å². The molecule has 4 rings (SSSR count). The Balaban J connectivity index is 1.65. The first kappa shape index (κ1) is 24.0. The van der Waals surface area contributed by atoms with E-state index >= 15 is 0 Å². The van der Waals surface area contributed by atoms with E-state index < -0.39 is 41.1 Å². The van der Waals surface area contributed by atoms with Crippen molar-refractivity contribution in [2.45, 2.75) is 26.1 Å². The van der Waals surface area contributed by atoms with Gasteiger partial charge in [0.15, 0.2) is 17.7 Å². The molecule has 2 heterocycles. The number of hydrogen-bond acceptors (Lipinski definition) is 6. The van der Waals surface area contributed by atoms with E-state index in [-0.39, 0.29) is 22.6 Å². The van der Waals surface area contributed by atoms with Crippen LogP contribution < -0.4 is 11.1 Å². The Labute approximate surface area is 194 Å². The minimum atomic E-state index is -4.70. The van der Waals surface area contributed by atoms with Crippen molar-refractivity contribution in [3.63, 3.8) is 0 Å². The largest absolute Gasteiger partial charge is 0.416 e. The lowest BCUT2D eigenvalue weighted by Gasteiger charge is -2.15. The number of aromatic nitrogens is 4. The number of aliphatic hydroxyl groups excluding tert-OH is 1. The molecule has 4 aromatic rings. The van der Waals surface area contributed by atoms with Crippen molar-refractivity contribution in [3.8, 4) is 5.69 Å². The van der Waals surface area contributed by atoms with Crippen LogP contribution in [0.15, 0.2) is 36.4 Å². The summed E-state index contributed by atoms with van der Waals surface area (Å²) in [6.45, 7) is 3.21. The number of nitrogens with two attached hydrogens (primary N) is 1. The molecule has 0 saturated carbocycles. The van der Waals surface area contributed by atoms with Crippen molar-refractivity contribution in [3.05, 3.63) is 70.7 Å². The number of nitrogens with zero attached hydrogens (tertiary/aromatic N) is 4. The van der Waals surface area contributed by atoms with Crippen LogP contribution in [-0.4, -0.2) is 30.8 Å². The Morgan fingerprint density at radius 1 is 1.11 bits per heavy atom. The summed E-state index contributed by atoms with van der Waals surface area (Å²) in [6.07, 6.45) is -6.77. The standard InChI is InChI=1S/C22H17F5N6O2/c1-9-17-18(20(28)30-10(2)29-17)33(32-9)16-8-13(23)15(7-14(16)24)31-21(35)19(34)11-4-3-5-12(6-11)22(25,26)27/h3-8,19,34H,1-2H3,(H,31,35)(H2,28,29,30). The molecule has 182 valence electrons. The van der Waals surface area contributed by atoms with Gasteiger partial charge in [-0.05, 0) is 31.5 Å². The van der Waals surface area contributed by atoms with Gasteiger partial charge in [0.25, 0.3) is 5.91 Å². The summed E-state index contributed by atoms with van der Waals surface area (Å²) in [7, 11) is 0. The average molecular weight is 492 g/mol. The summed E-state index contributed by atoms with van der Waals surface area (Å²) in [5.74, 6) is -3.02. The number of hydrogen-bond donors (Lipinski definition) is 3. The zero-order chi connectivity index (χ0) is 25.7. The van der Waals surface area contributed by atoms with Gasteiger partial charge in [0.1, 0.15) is 28.4 Å². The van der Waals surface area contributed by atoms with Gasteiger partial charge in [-0.15, -0.1) is 0 Å². The number of aliphatic hydroxyl groups is 1. The van der Waals surface area contributed by atoms with Crippen molar-refractivity contribution >= 4 is 28.4 Å². The summed E-state index contributed by atoms with van der Waals surface area (Å²) in [4.78, 5) is 20.6. The summed E-state index contributed by atoms with van der Waals surface area (Å²) in [5, 5.41) is 16.3. The fourth-order valence-corrected chi connectivity index (χ4v) is 3.50. The minimum Gasteiger partial charge on any atom is -0.382 e. The smallest absolute Gasteiger partial charge is 0.382 e. The second kappa shape index (κ2) is 8.58. The number of carbonyl (C=O) groups is 1. The maximum Gasteiger partial charge on any atom is 0.416 e. The quantitative estimate of drug-likeness (QED) is 0.371. The molecule has 35 heavy (non-hydrogen) atoms. The zero-order valence-electron chi connectivity index (χ0n) is 18.2. The van der Waals surface area contributed by atoms with Gasteiger partial charge in [-0.25, -0.2) is 23.4 Å². The molecule has 0 radical (unpaired) electrons. The average Bonchev–Trinajstić information content (AvgIpc) is 3.11. The molecule has 0 aliphatic rings. The molecule has 1 unspecified atom stereocenters. The number of aryl methyl sites for hydroxylation is 2. The molecule has 2 aromatic carbocycles. The number of fused-ring (bicyclic) bond motifs is 1. The van der Waals surface area contributed by atoms with Gasteiger partial charge < -0.3 is 16.2 Å². The van der Waals surface area contributed by atoms with E-state index in [1.807, 2.05) is 5.32 Å². The molecular formula is C22H17F5N6O2. The lowest BCUT2D eigenvalue weighted by molar-refractivity contribution is -0.138. The topological polar surface area (TPSA) is 119 Å². The van der Waals surface area contributed by atoms with E-state index in [0.29, 0.717) is 29.2 Å². The van der Waals surface area contributed by atoms with Crippen LogP contribution in [0, 0.1) is 25.5 Å². The number of halogens is 5. The summed E-state index contributed by atoms with van der Waals surface area (Å²) < 4.78 is 69.5. The molecule has 0 aliphatic heterocycles. The number of carbonyl (C=O) groups excluding carboxylic acids is 1.